The normalized spacial score (nSPS) is 21.1. The number of hydrogen-bond donors (Lipinski definition) is 1. The van der Waals surface area contributed by atoms with E-state index >= 15 is 0 Å². The van der Waals surface area contributed by atoms with E-state index in [1.165, 1.54) is 0 Å². The van der Waals surface area contributed by atoms with Crippen LogP contribution in [0.2, 0.25) is 0 Å². The molecule has 0 saturated heterocycles. The van der Waals surface area contributed by atoms with Gasteiger partial charge in [-0.25, -0.2) is 0 Å². The maximum absolute atomic E-state index is 10.2. The van der Waals surface area contributed by atoms with Gasteiger partial charge in [0.2, 0.25) is 0 Å². The monoisotopic (exact) mass is 352 g/mol. The maximum atomic E-state index is 10.2. The molecule has 0 saturated carbocycles. The van der Waals surface area contributed by atoms with Gasteiger partial charge < -0.3 is 14.6 Å². The Kier molecular flexibility index (Phi) is 4.23. The lowest BCUT2D eigenvalue weighted by atomic mass is 9.95. The Morgan fingerprint density at radius 2 is 2.04 bits per heavy atom. The maximum Gasteiger partial charge on any atom is 0.188 e. The van der Waals surface area contributed by atoms with Crippen LogP contribution in [0.5, 0.6) is 17.2 Å². The van der Waals surface area contributed by atoms with Gasteiger partial charge in [0, 0.05) is 24.0 Å². The zero-order chi connectivity index (χ0) is 18.3. The van der Waals surface area contributed by atoms with Crippen LogP contribution in [-0.4, -0.2) is 29.2 Å². The number of rotatable bonds is 4. The summed E-state index contributed by atoms with van der Waals surface area (Å²) >= 11 is 0. The first kappa shape index (κ1) is 16.8. The molecule has 26 heavy (non-hydrogen) atoms. The smallest absolute Gasteiger partial charge is 0.188 e. The van der Waals surface area contributed by atoms with Crippen molar-refractivity contribution < 1.29 is 14.6 Å². The summed E-state index contributed by atoms with van der Waals surface area (Å²) in [5.74, 6) is 2.31. The van der Waals surface area contributed by atoms with Crippen molar-refractivity contribution >= 4 is 5.71 Å². The van der Waals surface area contributed by atoms with E-state index in [-0.39, 0.29) is 18.0 Å². The van der Waals surface area contributed by atoms with Crippen LogP contribution in [0, 0.1) is 5.92 Å². The van der Waals surface area contributed by atoms with Gasteiger partial charge in [-0.1, -0.05) is 38.1 Å². The lowest BCUT2D eigenvalue weighted by molar-refractivity contribution is -0.0308. The molecule has 0 radical (unpaired) electrons. The summed E-state index contributed by atoms with van der Waals surface area (Å²) in [5.41, 5.74) is 2.76. The van der Waals surface area contributed by atoms with Crippen molar-refractivity contribution in [3.8, 4) is 17.2 Å². The largest absolute Gasteiger partial charge is 0.507 e. The van der Waals surface area contributed by atoms with Crippen LogP contribution in [-0.2, 0) is 0 Å². The fourth-order valence-corrected chi connectivity index (χ4v) is 3.76. The molecule has 136 valence electrons. The molecule has 1 N–H and O–H groups in total. The van der Waals surface area contributed by atoms with Crippen LogP contribution in [0.1, 0.15) is 43.9 Å². The predicted molar refractivity (Wildman–Crippen MR) is 101 cm³/mol. The van der Waals surface area contributed by atoms with E-state index in [1.54, 1.807) is 13.2 Å². The fraction of sp³-hybridized carbons (Fsp3) is 0.381. The molecule has 0 spiro atoms. The summed E-state index contributed by atoms with van der Waals surface area (Å²) in [7, 11) is 1.67. The molecule has 0 bridgehead atoms. The molecule has 0 aromatic heterocycles. The molecule has 2 atom stereocenters. The van der Waals surface area contributed by atoms with Crippen molar-refractivity contribution in [2.24, 2.45) is 11.0 Å². The minimum atomic E-state index is -0.146. The fourth-order valence-electron chi connectivity index (χ4n) is 3.76. The number of nitrogens with zero attached hydrogens (tertiary/aromatic N) is 2. The molecule has 5 heteroatoms. The van der Waals surface area contributed by atoms with Crippen LogP contribution in [0.3, 0.4) is 0 Å². The van der Waals surface area contributed by atoms with Crippen molar-refractivity contribution in [1.82, 2.24) is 5.01 Å². The predicted octanol–water partition coefficient (Wildman–Crippen LogP) is 4.32. The SMILES string of the molecule is COc1cccc2c1O[C@H](CC(C)C)N1N=C(c3ccccc3O)C[C@H]21. The molecular weight excluding hydrogens is 328 g/mol. The Morgan fingerprint density at radius 3 is 2.77 bits per heavy atom. The average molecular weight is 352 g/mol. The second-order valence-electron chi connectivity index (χ2n) is 7.24. The highest BCUT2D eigenvalue weighted by atomic mass is 16.5. The Labute approximate surface area is 153 Å². The van der Waals surface area contributed by atoms with Crippen molar-refractivity contribution in [3.63, 3.8) is 0 Å². The summed E-state index contributed by atoms with van der Waals surface area (Å²) in [4.78, 5) is 0. The first-order valence-corrected chi connectivity index (χ1v) is 9.06. The van der Waals surface area contributed by atoms with Crippen LogP contribution >= 0.6 is 0 Å². The van der Waals surface area contributed by atoms with Gasteiger partial charge in [0.05, 0.1) is 18.9 Å². The lowest BCUT2D eigenvalue weighted by Gasteiger charge is -2.39. The highest BCUT2D eigenvalue weighted by Gasteiger charge is 2.41. The summed E-state index contributed by atoms with van der Waals surface area (Å²) in [6.45, 7) is 4.36. The summed E-state index contributed by atoms with van der Waals surface area (Å²) in [6.07, 6.45) is 1.45. The van der Waals surface area contributed by atoms with Crippen LogP contribution in [0.15, 0.2) is 47.6 Å². The number of hydrazone groups is 1. The number of ether oxygens (including phenoxy) is 2. The van der Waals surface area contributed by atoms with E-state index < -0.39 is 0 Å². The second-order valence-corrected chi connectivity index (χ2v) is 7.24. The molecule has 4 rings (SSSR count). The van der Waals surface area contributed by atoms with Gasteiger partial charge in [-0.3, -0.25) is 5.01 Å². The average Bonchev–Trinajstić information content (AvgIpc) is 3.07. The molecule has 2 aliphatic heterocycles. The standard InChI is InChI=1S/C21H24N2O3/c1-13(2)11-20-23-17(15-8-6-10-19(25-3)21(15)26-20)12-16(22-23)14-7-4-5-9-18(14)24/h4-10,13,17,20,24H,11-12H2,1-3H3/t17-,20-/m1/s1. The van der Waals surface area contributed by atoms with Gasteiger partial charge in [-0.15, -0.1) is 0 Å². The van der Waals surface area contributed by atoms with E-state index in [1.807, 2.05) is 30.3 Å². The van der Waals surface area contributed by atoms with E-state index in [4.69, 9.17) is 14.6 Å². The molecule has 2 aliphatic rings. The Bertz CT molecular complexity index is 847. The third-order valence-corrected chi connectivity index (χ3v) is 4.97. The molecule has 0 fully saturated rings. The Morgan fingerprint density at radius 1 is 1.23 bits per heavy atom. The van der Waals surface area contributed by atoms with E-state index in [9.17, 15) is 5.11 Å². The lowest BCUT2D eigenvalue weighted by Crippen LogP contribution is -2.41. The number of phenols is 1. The van der Waals surface area contributed by atoms with E-state index in [0.717, 1.165) is 41.2 Å². The topological polar surface area (TPSA) is 54.3 Å². The third kappa shape index (κ3) is 2.77. The Balaban J connectivity index is 1.77. The number of fused-ring (bicyclic) bond motifs is 3. The van der Waals surface area contributed by atoms with Gasteiger partial charge in [0.1, 0.15) is 5.75 Å². The summed E-state index contributed by atoms with van der Waals surface area (Å²) in [6, 6.07) is 13.4. The van der Waals surface area contributed by atoms with Crippen molar-refractivity contribution in [2.45, 2.75) is 39.0 Å². The molecule has 5 nitrogen and oxygen atoms in total. The highest BCUT2D eigenvalue weighted by molar-refractivity contribution is 6.04. The van der Waals surface area contributed by atoms with E-state index in [2.05, 4.69) is 24.9 Å². The van der Waals surface area contributed by atoms with Crippen LogP contribution in [0.4, 0.5) is 0 Å². The van der Waals surface area contributed by atoms with Crippen molar-refractivity contribution in [2.75, 3.05) is 7.11 Å². The summed E-state index contributed by atoms with van der Waals surface area (Å²) < 4.78 is 11.8. The molecule has 0 amide bonds. The van der Waals surface area contributed by atoms with Crippen molar-refractivity contribution in [1.29, 1.82) is 0 Å². The minimum Gasteiger partial charge on any atom is -0.507 e. The molecular formula is C21H24N2O3. The van der Waals surface area contributed by atoms with Crippen LogP contribution < -0.4 is 9.47 Å². The Hall–Kier alpha value is -2.69. The zero-order valence-corrected chi connectivity index (χ0v) is 15.3. The van der Waals surface area contributed by atoms with Gasteiger partial charge in [-0.05, 0) is 24.1 Å². The number of hydrogen-bond acceptors (Lipinski definition) is 5. The minimum absolute atomic E-state index is 0.0900. The van der Waals surface area contributed by atoms with Gasteiger partial charge >= 0.3 is 0 Å². The highest BCUT2D eigenvalue weighted by Crippen LogP contribution is 2.48. The van der Waals surface area contributed by atoms with Gasteiger partial charge in [0.25, 0.3) is 0 Å². The van der Waals surface area contributed by atoms with E-state index in [0.29, 0.717) is 5.92 Å². The third-order valence-electron chi connectivity index (χ3n) is 4.97. The molecule has 2 heterocycles. The number of benzene rings is 2. The number of aromatic hydroxyl groups is 1. The zero-order valence-electron chi connectivity index (χ0n) is 15.3. The van der Waals surface area contributed by atoms with Gasteiger partial charge in [-0.2, -0.15) is 5.10 Å². The number of phenolic OH excluding ortho intramolecular Hbond substituents is 1. The molecule has 0 aliphatic carbocycles. The first-order valence-electron chi connectivity index (χ1n) is 9.06. The van der Waals surface area contributed by atoms with Crippen LogP contribution in [0.25, 0.3) is 0 Å². The number of para-hydroxylation sites is 2. The molecule has 2 aromatic rings. The second kappa shape index (κ2) is 6.56. The van der Waals surface area contributed by atoms with Gasteiger partial charge in [0.15, 0.2) is 17.7 Å². The first-order chi connectivity index (χ1) is 12.6. The summed E-state index contributed by atoms with van der Waals surface area (Å²) in [5, 5.41) is 17.2. The molecule has 2 aromatic carbocycles. The van der Waals surface area contributed by atoms with Crippen molar-refractivity contribution in [3.05, 3.63) is 53.6 Å². The molecule has 0 unspecified atom stereocenters. The number of methoxy groups -OCH3 is 1. The quantitative estimate of drug-likeness (QED) is 0.890.